The average Bonchev–Trinajstić information content (AvgIpc) is 3.18. The smallest absolute Gasteiger partial charge is 0.124 e. The summed E-state index contributed by atoms with van der Waals surface area (Å²) < 4.78 is 8.07. The largest absolute Gasteiger partial charge is 0.396 e. The Morgan fingerprint density at radius 3 is 3.04 bits per heavy atom. The molecule has 1 N–H and O–H groups in total. The van der Waals surface area contributed by atoms with Crippen LogP contribution in [-0.2, 0) is 17.8 Å². The highest BCUT2D eigenvalue weighted by Crippen LogP contribution is 2.42. The lowest BCUT2D eigenvalue weighted by Crippen LogP contribution is -2.41. The molecule has 0 bridgehead atoms. The first-order chi connectivity index (χ1) is 12.3. The number of rotatable bonds is 6. The van der Waals surface area contributed by atoms with Crippen LogP contribution in [-0.4, -0.2) is 52.5 Å². The van der Waals surface area contributed by atoms with Gasteiger partial charge in [0.15, 0.2) is 0 Å². The van der Waals surface area contributed by atoms with Crippen LogP contribution in [0.1, 0.15) is 32.0 Å². The van der Waals surface area contributed by atoms with Gasteiger partial charge in [0.2, 0.25) is 0 Å². The second-order valence-electron chi connectivity index (χ2n) is 7.73. The van der Waals surface area contributed by atoms with Crippen molar-refractivity contribution in [1.29, 1.82) is 0 Å². The average molecular weight is 343 g/mol. The number of benzene rings is 1. The van der Waals surface area contributed by atoms with Crippen LogP contribution in [0.4, 0.5) is 0 Å². The van der Waals surface area contributed by atoms with E-state index in [1.807, 2.05) is 0 Å². The number of aryl methyl sites for hydroxylation is 1. The van der Waals surface area contributed by atoms with Gasteiger partial charge in [0.25, 0.3) is 0 Å². The van der Waals surface area contributed by atoms with E-state index in [1.54, 1.807) is 0 Å². The molecule has 2 saturated heterocycles. The minimum Gasteiger partial charge on any atom is -0.396 e. The third-order valence-corrected chi connectivity index (χ3v) is 6.10. The minimum atomic E-state index is 0.0263. The van der Waals surface area contributed by atoms with Gasteiger partial charge in [-0.1, -0.05) is 25.5 Å². The Morgan fingerprint density at radius 1 is 1.36 bits per heavy atom. The van der Waals surface area contributed by atoms with Gasteiger partial charge in [-0.3, -0.25) is 4.90 Å². The zero-order chi connectivity index (χ0) is 17.3. The molecule has 0 aliphatic carbocycles. The molecule has 25 heavy (non-hydrogen) atoms. The lowest BCUT2D eigenvalue weighted by Gasteiger charge is -2.36. The van der Waals surface area contributed by atoms with Crippen molar-refractivity contribution >= 4 is 11.0 Å². The number of fused-ring (bicyclic) bond motifs is 2. The maximum Gasteiger partial charge on any atom is 0.124 e. The predicted molar refractivity (Wildman–Crippen MR) is 98.4 cm³/mol. The monoisotopic (exact) mass is 343 g/mol. The summed E-state index contributed by atoms with van der Waals surface area (Å²) in [5, 5.41) is 10.0. The minimum absolute atomic E-state index is 0.0263. The molecule has 0 spiro atoms. The molecule has 2 aliphatic heterocycles. The topological polar surface area (TPSA) is 50.5 Å². The summed E-state index contributed by atoms with van der Waals surface area (Å²) in [6.45, 7) is 7.89. The molecule has 4 rings (SSSR count). The SMILES string of the molecule is CCCCn1c(CN2C[C@@H]3COCC[C@]3(CO)C2)nc2ccccc21. The third-order valence-electron chi connectivity index (χ3n) is 6.10. The molecule has 2 atom stereocenters. The highest BCUT2D eigenvalue weighted by atomic mass is 16.5. The number of aliphatic hydroxyl groups is 1. The Bertz CT molecular complexity index is 729. The zero-order valence-corrected chi connectivity index (χ0v) is 15.2. The molecule has 5 heteroatoms. The molecule has 0 radical (unpaired) electrons. The van der Waals surface area contributed by atoms with E-state index in [4.69, 9.17) is 9.72 Å². The molecule has 2 aliphatic rings. The summed E-state index contributed by atoms with van der Waals surface area (Å²) in [6.07, 6.45) is 3.32. The molecule has 136 valence electrons. The molecule has 3 heterocycles. The highest BCUT2D eigenvalue weighted by Gasteiger charge is 2.47. The second-order valence-corrected chi connectivity index (χ2v) is 7.73. The number of likely N-dealkylation sites (tertiary alicyclic amines) is 1. The summed E-state index contributed by atoms with van der Waals surface area (Å²) in [5.74, 6) is 1.60. The maximum absolute atomic E-state index is 10.0. The number of ether oxygens (including phenoxy) is 1. The van der Waals surface area contributed by atoms with Crippen molar-refractivity contribution in [3.63, 3.8) is 0 Å². The van der Waals surface area contributed by atoms with Crippen LogP contribution < -0.4 is 0 Å². The molecule has 1 aromatic carbocycles. The summed E-state index contributed by atoms with van der Waals surface area (Å²) in [5.41, 5.74) is 2.35. The fourth-order valence-electron chi connectivity index (χ4n) is 4.55. The lowest BCUT2D eigenvalue weighted by atomic mass is 9.75. The molecule has 0 unspecified atom stereocenters. The Morgan fingerprint density at radius 2 is 2.24 bits per heavy atom. The molecular formula is C20H29N3O2. The first kappa shape index (κ1) is 17.0. The standard InChI is InChI=1S/C20H29N3O2/c1-2-3-9-23-18-7-5-4-6-17(18)21-19(23)12-22-11-16-13-25-10-8-20(16,14-22)15-24/h4-7,16,24H,2-3,8-15H2,1H3/t16-,20-/m1/s1. The number of hydrogen-bond donors (Lipinski definition) is 1. The van der Waals surface area contributed by atoms with E-state index in [0.29, 0.717) is 5.92 Å². The number of unbranched alkanes of at least 4 members (excludes halogenated alkanes) is 1. The van der Waals surface area contributed by atoms with Gasteiger partial charge in [-0.15, -0.1) is 0 Å². The molecule has 5 nitrogen and oxygen atoms in total. The van der Waals surface area contributed by atoms with E-state index in [9.17, 15) is 5.11 Å². The molecular weight excluding hydrogens is 314 g/mol. The van der Waals surface area contributed by atoms with Crippen molar-refractivity contribution in [3.8, 4) is 0 Å². The lowest BCUT2D eigenvalue weighted by molar-refractivity contribution is -0.0417. The van der Waals surface area contributed by atoms with Crippen molar-refractivity contribution in [1.82, 2.24) is 14.5 Å². The van der Waals surface area contributed by atoms with E-state index in [1.165, 1.54) is 18.4 Å². The Hall–Kier alpha value is -1.43. The Labute approximate surface area is 149 Å². The summed E-state index contributed by atoms with van der Waals surface area (Å²) in [4.78, 5) is 7.39. The Balaban J connectivity index is 1.58. The quantitative estimate of drug-likeness (QED) is 0.876. The van der Waals surface area contributed by atoms with E-state index in [0.717, 1.165) is 57.2 Å². The van der Waals surface area contributed by atoms with E-state index < -0.39 is 0 Å². The molecule has 0 amide bonds. The fraction of sp³-hybridized carbons (Fsp3) is 0.650. The van der Waals surface area contributed by atoms with Crippen LogP contribution in [0.3, 0.4) is 0 Å². The molecule has 1 aromatic heterocycles. The predicted octanol–water partition coefficient (Wildman–Crippen LogP) is 2.67. The van der Waals surface area contributed by atoms with Gasteiger partial charge < -0.3 is 14.4 Å². The molecule has 2 aromatic rings. The molecule has 2 fully saturated rings. The summed E-state index contributed by atoms with van der Waals surface area (Å²) in [7, 11) is 0. The number of aromatic nitrogens is 2. The van der Waals surface area contributed by atoms with E-state index in [2.05, 4.69) is 40.7 Å². The summed E-state index contributed by atoms with van der Waals surface area (Å²) >= 11 is 0. The zero-order valence-electron chi connectivity index (χ0n) is 15.2. The van der Waals surface area contributed by atoms with Crippen molar-refractivity contribution < 1.29 is 9.84 Å². The van der Waals surface area contributed by atoms with Crippen LogP contribution in [0.5, 0.6) is 0 Å². The van der Waals surface area contributed by atoms with Gasteiger partial charge in [-0.2, -0.15) is 0 Å². The van der Waals surface area contributed by atoms with Gasteiger partial charge in [-0.25, -0.2) is 4.98 Å². The number of hydrogen-bond acceptors (Lipinski definition) is 4. The number of imidazole rings is 1. The maximum atomic E-state index is 10.0. The van der Waals surface area contributed by atoms with E-state index in [-0.39, 0.29) is 12.0 Å². The third kappa shape index (κ3) is 3.09. The molecule has 0 saturated carbocycles. The van der Waals surface area contributed by atoms with Gasteiger partial charge in [-0.05, 0) is 25.0 Å². The van der Waals surface area contributed by atoms with Crippen molar-refractivity contribution in [2.75, 3.05) is 32.9 Å². The van der Waals surface area contributed by atoms with Crippen LogP contribution in [0.2, 0.25) is 0 Å². The van der Waals surface area contributed by atoms with Gasteiger partial charge >= 0.3 is 0 Å². The van der Waals surface area contributed by atoms with Crippen LogP contribution in [0, 0.1) is 11.3 Å². The normalized spacial score (nSPS) is 27.0. The second kappa shape index (κ2) is 7.06. The fourth-order valence-corrected chi connectivity index (χ4v) is 4.55. The van der Waals surface area contributed by atoms with Gasteiger partial charge in [0.1, 0.15) is 5.82 Å². The summed E-state index contributed by atoms with van der Waals surface area (Å²) in [6, 6.07) is 8.44. The Kier molecular flexibility index (Phi) is 4.80. The van der Waals surface area contributed by atoms with Crippen molar-refractivity contribution in [2.45, 2.75) is 39.3 Å². The number of aliphatic hydroxyl groups excluding tert-OH is 1. The van der Waals surface area contributed by atoms with E-state index >= 15 is 0 Å². The number of nitrogens with zero attached hydrogens (tertiary/aromatic N) is 3. The number of para-hydroxylation sites is 2. The van der Waals surface area contributed by atoms with Crippen LogP contribution >= 0.6 is 0 Å². The van der Waals surface area contributed by atoms with Crippen LogP contribution in [0.15, 0.2) is 24.3 Å². The van der Waals surface area contributed by atoms with Crippen molar-refractivity contribution in [3.05, 3.63) is 30.1 Å². The first-order valence-electron chi connectivity index (χ1n) is 9.61. The van der Waals surface area contributed by atoms with Gasteiger partial charge in [0.05, 0.1) is 30.8 Å². The first-order valence-corrected chi connectivity index (χ1v) is 9.61. The highest BCUT2D eigenvalue weighted by molar-refractivity contribution is 5.75. The van der Waals surface area contributed by atoms with Crippen molar-refractivity contribution in [2.24, 2.45) is 11.3 Å². The van der Waals surface area contributed by atoms with Gasteiger partial charge in [0, 0.05) is 37.6 Å². The van der Waals surface area contributed by atoms with Crippen LogP contribution in [0.25, 0.3) is 11.0 Å².